The van der Waals surface area contributed by atoms with Crippen molar-refractivity contribution >= 4 is 76.1 Å². The number of rotatable bonds is 27. The highest BCUT2D eigenvalue weighted by molar-refractivity contribution is 5.99. The van der Waals surface area contributed by atoms with Gasteiger partial charge in [-0.2, -0.15) is 0 Å². The smallest absolute Gasteiger partial charge is 0.330 e. The number of guanidine groups is 1. The molecule has 2 fully saturated rings. The van der Waals surface area contributed by atoms with E-state index >= 15 is 0 Å². The van der Waals surface area contributed by atoms with Gasteiger partial charge in [-0.05, 0) is 73.8 Å². The molecule has 29 nitrogen and oxygen atoms in total. The molecule has 8 atom stereocenters. The van der Waals surface area contributed by atoms with Crippen molar-refractivity contribution in [3.05, 3.63) is 84.1 Å². The van der Waals surface area contributed by atoms with Crippen LogP contribution in [0.5, 0.6) is 5.75 Å². The number of carbonyl (C=O) groups is 10. The van der Waals surface area contributed by atoms with Gasteiger partial charge in [0.1, 0.15) is 54.1 Å². The molecule has 0 bridgehead atoms. The first-order valence-electron chi connectivity index (χ1n) is 26.4. The number of fused-ring (bicyclic) bond motifs is 1. The number of primary amides is 1. The number of aliphatic hydroxyl groups is 1. The van der Waals surface area contributed by atoms with E-state index in [-0.39, 0.29) is 94.4 Å². The third kappa shape index (κ3) is 17.9. The van der Waals surface area contributed by atoms with Crippen molar-refractivity contribution < 1.29 is 58.2 Å². The molecule has 2 aromatic carbocycles. The van der Waals surface area contributed by atoms with Gasteiger partial charge in [0.2, 0.25) is 47.3 Å². The minimum absolute atomic E-state index is 0.0160. The largest absolute Gasteiger partial charge is 0.508 e. The highest BCUT2D eigenvalue weighted by atomic mass is 16.3. The van der Waals surface area contributed by atoms with Crippen LogP contribution in [0.4, 0.5) is 4.79 Å². The second-order valence-electron chi connectivity index (χ2n) is 20.2. The summed E-state index contributed by atoms with van der Waals surface area (Å²) in [7, 11) is 0. The molecule has 0 aliphatic carbocycles. The summed E-state index contributed by atoms with van der Waals surface area (Å²) in [6, 6.07) is 1.21. The maximum absolute atomic E-state index is 14.6. The van der Waals surface area contributed by atoms with Gasteiger partial charge in [0.05, 0.1) is 12.9 Å². The van der Waals surface area contributed by atoms with Crippen molar-refractivity contribution in [3.8, 4) is 5.75 Å². The van der Waals surface area contributed by atoms with Crippen molar-refractivity contribution in [2.45, 2.75) is 126 Å². The van der Waals surface area contributed by atoms with E-state index in [0.29, 0.717) is 34.1 Å². The number of carbonyl (C=O) groups excluding carboxylic acids is 10. The zero-order chi connectivity index (χ0) is 58.8. The quantitative estimate of drug-likeness (QED) is 0.0120. The number of para-hydroxylation sites is 1. The summed E-state index contributed by atoms with van der Waals surface area (Å²) in [5.41, 5.74) is 22.5. The lowest BCUT2D eigenvalue weighted by atomic mass is 10.00. The molecule has 4 aromatic rings. The normalized spacial score (nSPS) is 17.0. The Bertz CT molecular complexity index is 2910. The summed E-state index contributed by atoms with van der Waals surface area (Å²) < 4.78 is 0. The molecule has 2 aliphatic heterocycles. The number of aromatic amines is 2. The number of aromatic nitrogens is 3. The number of H-pyrrole nitrogens is 2. The number of amides is 11. The summed E-state index contributed by atoms with van der Waals surface area (Å²) in [5, 5.41) is 40.0. The van der Waals surface area contributed by atoms with E-state index < -0.39 is 108 Å². The zero-order valence-corrected chi connectivity index (χ0v) is 44.8. The van der Waals surface area contributed by atoms with Gasteiger partial charge in [-0.3, -0.25) is 53.6 Å². The molecule has 11 amide bonds. The van der Waals surface area contributed by atoms with Crippen LogP contribution in [0.3, 0.4) is 0 Å². The first-order valence-corrected chi connectivity index (χ1v) is 26.4. The number of benzene rings is 2. The van der Waals surface area contributed by atoms with Crippen LogP contribution < -0.4 is 65.3 Å². The number of nitrogens with one attached hydrogen (secondary N) is 11. The minimum atomic E-state index is -1.76. The summed E-state index contributed by atoms with van der Waals surface area (Å²) in [6.45, 7) is 2.75. The Morgan fingerprint density at radius 1 is 0.741 bits per heavy atom. The maximum Gasteiger partial charge on any atom is 0.330 e. The Morgan fingerprint density at radius 2 is 1.37 bits per heavy atom. The molecule has 81 heavy (non-hydrogen) atoms. The van der Waals surface area contributed by atoms with Gasteiger partial charge in [-0.15, -0.1) is 0 Å². The van der Waals surface area contributed by atoms with E-state index in [1.54, 1.807) is 44.3 Å². The number of hydrazine groups is 1. The molecule has 2 aromatic heterocycles. The average molecular weight is 1130 g/mol. The third-order valence-corrected chi connectivity index (χ3v) is 13.5. The number of hydrogen-bond donors (Lipinski definition) is 16. The Morgan fingerprint density at radius 3 is 2.00 bits per heavy atom. The van der Waals surface area contributed by atoms with Gasteiger partial charge in [-0.1, -0.05) is 44.2 Å². The number of aliphatic hydroxyl groups excluding tert-OH is 1. The summed E-state index contributed by atoms with van der Waals surface area (Å²) in [4.78, 5) is 151. The molecular formula is C52H71N17O12. The van der Waals surface area contributed by atoms with Crippen LogP contribution in [0.25, 0.3) is 10.9 Å². The van der Waals surface area contributed by atoms with E-state index in [4.69, 9.17) is 17.2 Å². The molecule has 19 N–H and O–H groups in total. The predicted octanol–water partition coefficient (Wildman–Crippen LogP) is -3.41. The molecule has 0 unspecified atom stereocenters. The van der Waals surface area contributed by atoms with E-state index in [0.717, 1.165) is 0 Å². The maximum atomic E-state index is 14.6. The van der Waals surface area contributed by atoms with Crippen LogP contribution in [-0.4, -0.2) is 163 Å². The molecule has 2 aliphatic rings. The molecule has 2 saturated heterocycles. The number of nitrogens with two attached hydrogens (primary N) is 3. The number of aliphatic imine (C=N–C) groups is 1. The van der Waals surface area contributed by atoms with Gasteiger partial charge in [0, 0.05) is 67.8 Å². The molecule has 6 rings (SSSR count). The van der Waals surface area contributed by atoms with E-state index in [1.807, 2.05) is 5.43 Å². The monoisotopic (exact) mass is 1130 g/mol. The number of imidazole rings is 1. The average Bonchev–Trinajstić information content (AvgIpc) is 4.32. The van der Waals surface area contributed by atoms with Crippen LogP contribution in [0, 0.1) is 5.92 Å². The lowest BCUT2D eigenvalue weighted by Gasteiger charge is -2.30. The van der Waals surface area contributed by atoms with Crippen molar-refractivity contribution in [2.75, 3.05) is 19.7 Å². The highest BCUT2D eigenvalue weighted by Gasteiger charge is 2.40. The number of likely N-dealkylation sites (tertiary alicyclic amines) is 1. The topological polar surface area (TPSA) is 458 Å². The standard InChI is InChI=1S/C52H71N17O12/c1-27(2)19-36(44(74)61-35(9-5-17-57-51(53)54)50(80)69-18-6-10-41(69)49(79)67-68-52(55)81)62-45(75)37(20-28-11-13-31(71)14-12-28)63-48(78)40(25-70)66-46(76)38(21-29-23-58-33-8-4-3-7-32(29)33)64-47(77)39(22-30-24-56-26-59-30)65-43(73)34-15-16-42(72)60-34/h3-4,7-8,11-14,23-24,26-27,34-41,58,70-71H,5-6,9-10,15-22,25H2,1-2H3,(H,56,59)(H,60,72)(H,61,74)(H,62,75)(H,63,78)(H,64,77)(H,65,73)(H,66,76)(H,67,79)(H4,53,54,57)(H3,55,68,81)/t34-,35-,36-,37-,38-,39-,40-,41-/m0/s1. The van der Waals surface area contributed by atoms with Crippen LogP contribution >= 0.6 is 0 Å². The van der Waals surface area contributed by atoms with Crippen molar-refractivity contribution in [3.63, 3.8) is 0 Å². The number of hydrogen-bond acceptors (Lipinski definition) is 14. The van der Waals surface area contributed by atoms with Crippen molar-refractivity contribution in [1.29, 1.82) is 0 Å². The number of phenolic OH excluding ortho intramolecular Hbond substituents is 1. The number of phenols is 1. The first kappa shape index (κ1) is 60.9. The Labute approximate surface area is 464 Å². The Kier molecular flexibility index (Phi) is 21.9. The van der Waals surface area contributed by atoms with Gasteiger partial charge in [-0.25, -0.2) is 15.2 Å². The lowest BCUT2D eigenvalue weighted by Crippen LogP contribution is -2.61. The van der Waals surface area contributed by atoms with Gasteiger partial charge >= 0.3 is 6.03 Å². The second kappa shape index (κ2) is 29.1. The predicted molar refractivity (Wildman–Crippen MR) is 291 cm³/mol. The van der Waals surface area contributed by atoms with Crippen LogP contribution in [0.1, 0.15) is 75.6 Å². The molecule has 436 valence electrons. The Balaban J connectivity index is 1.23. The minimum Gasteiger partial charge on any atom is -0.508 e. The van der Waals surface area contributed by atoms with E-state index in [9.17, 15) is 58.2 Å². The zero-order valence-electron chi connectivity index (χ0n) is 44.8. The first-order chi connectivity index (χ1) is 38.7. The summed E-state index contributed by atoms with van der Waals surface area (Å²) >= 11 is 0. The molecule has 0 radical (unpaired) electrons. The SMILES string of the molecule is CC(C)C[C@H](NC(=O)[C@H](Cc1ccc(O)cc1)NC(=O)[C@H](CO)NC(=O)[C@H](Cc1c[nH]c2ccccc12)NC(=O)[C@H](Cc1cnc[nH]1)NC(=O)[C@@H]1CCC(=O)N1)C(=O)N[C@@H](CCCN=C(N)N)C(=O)N1CCC[C@H]1C(=O)NNC(N)=O. The number of nitrogens with zero attached hydrogens (tertiary/aromatic N) is 3. The van der Waals surface area contributed by atoms with Gasteiger partial charge < -0.3 is 79.5 Å². The second-order valence-corrected chi connectivity index (χ2v) is 20.2. The summed E-state index contributed by atoms with van der Waals surface area (Å²) in [5.74, 6) is -7.41. The van der Waals surface area contributed by atoms with Gasteiger partial charge in [0.25, 0.3) is 5.91 Å². The molecule has 4 heterocycles. The van der Waals surface area contributed by atoms with E-state index in [2.05, 4.69) is 62.6 Å². The third-order valence-electron chi connectivity index (χ3n) is 13.5. The van der Waals surface area contributed by atoms with Crippen molar-refractivity contribution in [2.24, 2.45) is 28.1 Å². The summed E-state index contributed by atoms with van der Waals surface area (Å²) in [6.07, 6.45) is 5.09. The fraction of sp³-hybridized carbons (Fsp3) is 0.462. The molecule has 0 saturated carbocycles. The molecular weight excluding hydrogens is 1050 g/mol. The van der Waals surface area contributed by atoms with Crippen molar-refractivity contribution in [1.82, 2.24) is 67.9 Å². The fourth-order valence-corrected chi connectivity index (χ4v) is 9.44. The molecule has 29 heteroatoms. The van der Waals surface area contributed by atoms with Crippen LogP contribution in [0.2, 0.25) is 0 Å². The fourth-order valence-electron chi connectivity index (χ4n) is 9.44. The van der Waals surface area contributed by atoms with Gasteiger partial charge in [0.15, 0.2) is 5.96 Å². The Hall–Kier alpha value is -9.28. The highest BCUT2D eigenvalue weighted by Crippen LogP contribution is 2.22. The number of aromatic hydroxyl groups is 1. The number of urea groups is 1. The van der Waals surface area contributed by atoms with E-state index in [1.165, 1.54) is 41.7 Å². The van der Waals surface area contributed by atoms with Crippen LogP contribution in [-0.2, 0) is 62.4 Å². The van der Waals surface area contributed by atoms with Crippen LogP contribution in [0.15, 0.2) is 72.2 Å². The molecule has 0 spiro atoms. The lowest BCUT2D eigenvalue weighted by molar-refractivity contribution is -0.142.